The van der Waals surface area contributed by atoms with Gasteiger partial charge in [-0.3, -0.25) is 4.79 Å². The molecule has 0 aliphatic rings. The van der Waals surface area contributed by atoms with Crippen molar-refractivity contribution in [1.82, 2.24) is 9.97 Å². The summed E-state index contributed by atoms with van der Waals surface area (Å²) in [5.74, 6) is -0.398. The Bertz CT molecular complexity index is 650. The number of aromatic amines is 1. The minimum Gasteiger partial charge on any atom is -0.493 e. The first-order valence-corrected chi connectivity index (χ1v) is 6.04. The van der Waals surface area contributed by atoms with E-state index < -0.39 is 0 Å². The normalized spacial score (nSPS) is 10.9. The predicted octanol–water partition coefficient (Wildman–Crippen LogP) is 2.33. The third kappa shape index (κ3) is 2.99. The van der Waals surface area contributed by atoms with Crippen LogP contribution in [0.2, 0.25) is 0 Å². The van der Waals surface area contributed by atoms with Crippen molar-refractivity contribution < 1.29 is 9.50 Å². The molecule has 2 aromatic rings. The molecule has 0 saturated heterocycles. The number of halogens is 1. The van der Waals surface area contributed by atoms with Crippen molar-refractivity contribution in [2.24, 2.45) is 0 Å². The molecule has 0 bridgehead atoms. The van der Waals surface area contributed by atoms with Crippen molar-refractivity contribution in [3.05, 3.63) is 57.4 Å². The van der Waals surface area contributed by atoms with E-state index in [4.69, 9.17) is 0 Å². The number of rotatable bonds is 3. The van der Waals surface area contributed by atoms with Crippen LogP contribution >= 0.6 is 0 Å². The quantitative estimate of drug-likeness (QED) is 0.892. The predicted molar refractivity (Wildman–Crippen MR) is 69.8 cm³/mol. The van der Waals surface area contributed by atoms with Gasteiger partial charge in [-0.25, -0.2) is 4.39 Å². The zero-order chi connectivity index (χ0) is 14.0. The molecule has 19 heavy (non-hydrogen) atoms. The van der Waals surface area contributed by atoms with Crippen LogP contribution in [0.4, 0.5) is 4.39 Å². The molecule has 2 N–H and O–H groups in total. The molecule has 0 aliphatic carbocycles. The highest BCUT2D eigenvalue weighted by Gasteiger charge is 2.14. The number of H-pyrrole nitrogens is 1. The van der Waals surface area contributed by atoms with Gasteiger partial charge in [0.2, 0.25) is 5.88 Å². The molecule has 0 aliphatic heterocycles. The highest BCUT2D eigenvalue weighted by molar-refractivity contribution is 5.27. The van der Waals surface area contributed by atoms with Crippen molar-refractivity contribution >= 4 is 0 Å². The Morgan fingerprint density at radius 3 is 2.74 bits per heavy atom. The maximum atomic E-state index is 13.1. The van der Waals surface area contributed by atoms with Crippen LogP contribution in [0.5, 0.6) is 5.88 Å². The number of hydrogen-bond acceptors (Lipinski definition) is 3. The van der Waals surface area contributed by atoms with Crippen LogP contribution in [0.15, 0.2) is 29.1 Å². The van der Waals surface area contributed by atoms with Gasteiger partial charge in [0.15, 0.2) is 0 Å². The molecular formula is C14H15FN2O2. The molecule has 0 fully saturated rings. The van der Waals surface area contributed by atoms with Gasteiger partial charge in [-0.2, -0.15) is 4.98 Å². The van der Waals surface area contributed by atoms with E-state index in [1.807, 2.05) is 0 Å². The SMILES string of the molecule is CC(C)c1c(O)nc(Cc2cccc(F)c2)[nH]c1=O. The van der Waals surface area contributed by atoms with Crippen LogP contribution in [-0.2, 0) is 6.42 Å². The molecule has 4 nitrogen and oxygen atoms in total. The van der Waals surface area contributed by atoms with Crippen LogP contribution < -0.4 is 5.56 Å². The summed E-state index contributed by atoms with van der Waals surface area (Å²) in [7, 11) is 0. The Balaban J connectivity index is 2.35. The van der Waals surface area contributed by atoms with Gasteiger partial charge >= 0.3 is 0 Å². The first-order valence-electron chi connectivity index (χ1n) is 6.04. The van der Waals surface area contributed by atoms with E-state index in [0.29, 0.717) is 11.4 Å². The number of nitrogens with zero attached hydrogens (tertiary/aromatic N) is 1. The van der Waals surface area contributed by atoms with E-state index in [1.54, 1.807) is 26.0 Å². The highest BCUT2D eigenvalue weighted by Crippen LogP contribution is 2.19. The number of hydrogen-bond donors (Lipinski definition) is 2. The third-order valence-electron chi connectivity index (χ3n) is 2.82. The summed E-state index contributed by atoms with van der Waals surface area (Å²) in [5, 5.41) is 9.77. The number of aromatic nitrogens is 2. The zero-order valence-corrected chi connectivity index (χ0v) is 10.8. The first-order chi connectivity index (χ1) is 8.97. The highest BCUT2D eigenvalue weighted by atomic mass is 19.1. The fraction of sp³-hybridized carbons (Fsp3) is 0.286. The fourth-order valence-corrected chi connectivity index (χ4v) is 1.96. The van der Waals surface area contributed by atoms with Crippen LogP contribution in [0.1, 0.15) is 36.7 Å². The molecule has 0 atom stereocenters. The van der Waals surface area contributed by atoms with Crippen molar-refractivity contribution in [3.8, 4) is 5.88 Å². The lowest BCUT2D eigenvalue weighted by molar-refractivity contribution is 0.436. The van der Waals surface area contributed by atoms with Gasteiger partial charge in [0.25, 0.3) is 5.56 Å². The molecule has 1 heterocycles. The largest absolute Gasteiger partial charge is 0.493 e. The van der Waals surface area contributed by atoms with E-state index >= 15 is 0 Å². The van der Waals surface area contributed by atoms with Gasteiger partial charge < -0.3 is 10.1 Å². The Hall–Kier alpha value is -2.17. The molecule has 0 saturated carbocycles. The number of aromatic hydroxyl groups is 1. The lowest BCUT2D eigenvalue weighted by Gasteiger charge is -2.08. The third-order valence-corrected chi connectivity index (χ3v) is 2.82. The monoisotopic (exact) mass is 262 g/mol. The topological polar surface area (TPSA) is 66.0 Å². The zero-order valence-electron chi connectivity index (χ0n) is 10.8. The van der Waals surface area contributed by atoms with Crippen LogP contribution in [0.25, 0.3) is 0 Å². The van der Waals surface area contributed by atoms with Crippen molar-refractivity contribution in [1.29, 1.82) is 0 Å². The van der Waals surface area contributed by atoms with Crippen LogP contribution in [0, 0.1) is 5.82 Å². The summed E-state index contributed by atoms with van der Waals surface area (Å²) in [4.78, 5) is 18.4. The van der Waals surface area contributed by atoms with E-state index in [0.717, 1.165) is 0 Å². The molecule has 1 aromatic carbocycles. The molecule has 2 rings (SSSR count). The van der Waals surface area contributed by atoms with Gasteiger partial charge in [0, 0.05) is 6.42 Å². The van der Waals surface area contributed by atoms with Crippen LogP contribution in [-0.4, -0.2) is 15.1 Å². The van der Waals surface area contributed by atoms with Gasteiger partial charge in [-0.1, -0.05) is 26.0 Å². The van der Waals surface area contributed by atoms with E-state index in [-0.39, 0.29) is 35.2 Å². The average Bonchev–Trinajstić information content (AvgIpc) is 2.27. The number of benzene rings is 1. The molecule has 0 amide bonds. The first kappa shape index (κ1) is 13.3. The van der Waals surface area contributed by atoms with Crippen molar-refractivity contribution in [2.75, 3.05) is 0 Å². The Morgan fingerprint density at radius 2 is 2.16 bits per heavy atom. The molecule has 1 aromatic heterocycles. The summed E-state index contributed by atoms with van der Waals surface area (Å²) in [5.41, 5.74) is 0.594. The Kier molecular flexibility index (Phi) is 3.64. The molecule has 5 heteroatoms. The van der Waals surface area contributed by atoms with E-state index in [1.165, 1.54) is 12.1 Å². The molecular weight excluding hydrogens is 247 g/mol. The Morgan fingerprint density at radius 1 is 1.42 bits per heavy atom. The summed E-state index contributed by atoms with van der Waals surface area (Å²) < 4.78 is 13.1. The molecule has 0 spiro atoms. The second-order valence-electron chi connectivity index (χ2n) is 4.71. The molecule has 0 radical (unpaired) electrons. The van der Waals surface area contributed by atoms with Gasteiger partial charge in [0.05, 0.1) is 5.56 Å². The average molecular weight is 262 g/mol. The van der Waals surface area contributed by atoms with Crippen LogP contribution in [0.3, 0.4) is 0 Å². The van der Waals surface area contributed by atoms with E-state index in [9.17, 15) is 14.3 Å². The second-order valence-corrected chi connectivity index (χ2v) is 4.71. The fourth-order valence-electron chi connectivity index (χ4n) is 1.96. The van der Waals surface area contributed by atoms with E-state index in [2.05, 4.69) is 9.97 Å². The second kappa shape index (κ2) is 5.22. The van der Waals surface area contributed by atoms with Gasteiger partial charge in [0.1, 0.15) is 11.6 Å². The molecule has 0 unspecified atom stereocenters. The summed E-state index contributed by atoms with van der Waals surface area (Å²) in [6, 6.07) is 6.04. The standard InChI is InChI=1S/C14H15FN2O2/c1-8(2)12-13(18)16-11(17-14(12)19)7-9-4-3-5-10(15)6-9/h3-6,8H,7H2,1-2H3,(H2,16,17,18,19). The minimum absolute atomic E-state index is 0.112. The lowest BCUT2D eigenvalue weighted by atomic mass is 10.1. The Labute approximate surface area is 110 Å². The van der Waals surface area contributed by atoms with Crippen molar-refractivity contribution in [2.45, 2.75) is 26.2 Å². The maximum Gasteiger partial charge on any atom is 0.258 e. The maximum absolute atomic E-state index is 13.1. The minimum atomic E-state index is -0.353. The lowest BCUT2D eigenvalue weighted by Crippen LogP contribution is -2.18. The summed E-state index contributed by atoms with van der Waals surface area (Å²) in [6.45, 7) is 3.61. The summed E-state index contributed by atoms with van der Waals surface area (Å²) in [6.07, 6.45) is 0.263. The van der Waals surface area contributed by atoms with Gasteiger partial charge in [-0.15, -0.1) is 0 Å². The smallest absolute Gasteiger partial charge is 0.258 e. The summed E-state index contributed by atoms with van der Waals surface area (Å²) >= 11 is 0. The molecule has 100 valence electrons. The van der Waals surface area contributed by atoms with Crippen molar-refractivity contribution in [3.63, 3.8) is 0 Å². The van der Waals surface area contributed by atoms with Gasteiger partial charge in [-0.05, 0) is 23.6 Å². The number of nitrogens with one attached hydrogen (secondary N) is 1.